The fourth-order valence-electron chi connectivity index (χ4n) is 3.14. The molecule has 0 unspecified atom stereocenters. The van der Waals surface area contributed by atoms with Gasteiger partial charge in [-0.25, -0.2) is 0 Å². The average Bonchev–Trinajstić information content (AvgIpc) is 3.05. The molecule has 0 saturated heterocycles. The molecule has 1 aromatic rings. The van der Waals surface area contributed by atoms with Gasteiger partial charge in [0.25, 0.3) is 0 Å². The van der Waals surface area contributed by atoms with Gasteiger partial charge in [0.05, 0.1) is 32.7 Å². The molecule has 0 N–H and O–H groups in total. The quantitative estimate of drug-likeness (QED) is 0.814. The van der Waals surface area contributed by atoms with E-state index in [1.807, 2.05) is 12.1 Å². The average molecular weight is 260 g/mol. The molecule has 3 rings (SSSR count). The van der Waals surface area contributed by atoms with Crippen LogP contribution < -0.4 is 4.74 Å². The highest BCUT2D eigenvalue weighted by Crippen LogP contribution is 2.45. The number of ether oxygens (including phenoxy) is 3. The molecule has 2 aliphatic rings. The van der Waals surface area contributed by atoms with Crippen LogP contribution in [0.1, 0.15) is 18.4 Å². The zero-order valence-electron chi connectivity index (χ0n) is 11.5. The van der Waals surface area contributed by atoms with Crippen LogP contribution in [0, 0.1) is 11.8 Å². The van der Waals surface area contributed by atoms with E-state index in [-0.39, 0.29) is 0 Å². The summed E-state index contributed by atoms with van der Waals surface area (Å²) in [5, 5.41) is 0. The number of hydrogen-bond donors (Lipinski definition) is 0. The second-order valence-corrected chi connectivity index (χ2v) is 5.30. The van der Waals surface area contributed by atoms with E-state index < -0.39 is 0 Å². The predicted octanol–water partition coefficient (Wildman–Crippen LogP) is 3.15. The van der Waals surface area contributed by atoms with Crippen molar-refractivity contribution in [3.63, 3.8) is 0 Å². The van der Waals surface area contributed by atoms with Crippen molar-refractivity contribution >= 4 is 0 Å². The second kappa shape index (κ2) is 5.25. The Hall–Kier alpha value is -1.48. The molecule has 3 nitrogen and oxygen atoms in total. The number of benzene rings is 1. The number of methoxy groups -OCH3 is 2. The van der Waals surface area contributed by atoms with Crippen molar-refractivity contribution < 1.29 is 14.2 Å². The summed E-state index contributed by atoms with van der Waals surface area (Å²) in [7, 11) is 3.44. The van der Waals surface area contributed by atoms with Crippen molar-refractivity contribution in [2.24, 2.45) is 11.8 Å². The number of allylic oxidation sites excluding steroid dienone is 1. The lowest BCUT2D eigenvalue weighted by atomic mass is 10.0. The molecule has 1 saturated carbocycles. The molecule has 0 aromatic heterocycles. The lowest BCUT2D eigenvalue weighted by Gasteiger charge is -2.21. The molecule has 0 radical (unpaired) electrons. The van der Waals surface area contributed by atoms with Crippen LogP contribution in [-0.2, 0) is 16.1 Å². The third-order valence-electron chi connectivity index (χ3n) is 4.19. The molecule has 2 bridgehead atoms. The highest BCUT2D eigenvalue weighted by Gasteiger charge is 2.41. The van der Waals surface area contributed by atoms with Crippen molar-refractivity contribution in [2.75, 3.05) is 14.2 Å². The molecule has 1 fully saturated rings. The van der Waals surface area contributed by atoms with Crippen molar-refractivity contribution in [1.82, 2.24) is 0 Å². The molecular formula is C16H20O3. The summed E-state index contributed by atoms with van der Waals surface area (Å²) in [6, 6.07) is 8.07. The molecule has 0 amide bonds. The maximum Gasteiger partial charge on any atom is 0.118 e. The first-order chi connectivity index (χ1) is 9.30. The summed E-state index contributed by atoms with van der Waals surface area (Å²) in [4.78, 5) is 0. The third kappa shape index (κ3) is 2.47. The first-order valence-corrected chi connectivity index (χ1v) is 6.80. The summed E-state index contributed by atoms with van der Waals surface area (Å²) >= 11 is 0. The van der Waals surface area contributed by atoms with Crippen LogP contribution in [0.25, 0.3) is 0 Å². The van der Waals surface area contributed by atoms with Crippen LogP contribution in [0.2, 0.25) is 0 Å². The van der Waals surface area contributed by atoms with Crippen LogP contribution in [-0.4, -0.2) is 20.3 Å². The fourth-order valence-corrected chi connectivity index (χ4v) is 3.14. The Labute approximate surface area is 114 Å². The van der Waals surface area contributed by atoms with Crippen molar-refractivity contribution in [3.05, 3.63) is 41.7 Å². The van der Waals surface area contributed by atoms with Gasteiger partial charge in [-0.05, 0) is 36.6 Å². The molecule has 2 aliphatic carbocycles. The van der Waals surface area contributed by atoms with Crippen molar-refractivity contribution in [2.45, 2.75) is 25.6 Å². The van der Waals surface area contributed by atoms with Gasteiger partial charge in [0, 0.05) is 11.8 Å². The Kier molecular flexibility index (Phi) is 3.47. The van der Waals surface area contributed by atoms with Gasteiger partial charge in [0.2, 0.25) is 0 Å². The molecule has 0 heterocycles. The van der Waals surface area contributed by atoms with Gasteiger partial charge in [-0.2, -0.15) is 0 Å². The Balaban J connectivity index is 1.55. The first-order valence-electron chi connectivity index (χ1n) is 6.80. The molecule has 3 heteroatoms. The summed E-state index contributed by atoms with van der Waals surface area (Å²) in [5.74, 6) is 3.17. The van der Waals surface area contributed by atoms with Crippen LogP contribution >= 0.6 is 0 Å². The highest BCUT2D eigenvalue weighted by molar-refractivity contribution is 5.26. The minimum absolute atomic E-state index is 0.353. The Morgan fingerprint density at radius 2 is 1.84 bits per heavy atom. The SMILES string of the molecule is COC1=C[C@@H]2C[C@H]1C[C@H]2OCc1ccc(OC)cc1. The molecule has 1 aromatic carbocycles. The van der Waals surface area contributed by atoms with E-state index in [1.165, 1.54) is 12.0 Å². The van der Waals surface area contributed by atoms with Crippen LogP contribution in [0.4, 0.5) is 0 Å². The Bertz CT molecular complexity index is 463. The van der Waals surface area contributed by atoms with Gasteiger partial charge in [0.15, 0.2) is 0 Å². The molecule has 0 spiro atoms. The Morgan fingerprint density at radius 1 is 1.05 bits per heavy atom. The summed E-state index contributed by atoms with van der Waals surface area (Å²) in [6.07, 6.45) is 4.88. The molecule has 102 valence electrons. The van der Waals surface area contributed by atoms with Crippen molar-refractivity contribution in [3.8, 4) is 5.75 Å². The maximum atomic E-state index is 6.05. The van der Waals surface area contributed by atoms with Gasteiger partial charge in [-0.3, -0.25) is 0 Å². The number of fused-ring (bicyclic) bond motifs is 2. The van der Waals surface area contributed by atoms with E-state index in [9.17, 15) is 0 Å². The topological polar surface area (TPSA) is 27.7 Å². The minimum atomic E-state index is 0.353. The lowest BCUT2D eigenvalue weighted by Crippen LogP contribution is -2.19. The normalized spacial score (nSPS) is 28.3. The van der Waals surface area contributed by atoms with Gasteiger partial charge < -0.3 is 14.2 Å². The zero-order valence-corrected chi connectivity index (χ0v) is 11.5. The van der Waals surface area contributed by atoms with Crippen LogP contribution in [0.15, 0.2) is 36.1 Å². The predicted molar refractivity (Wildman–Crippen MR) is 72.9 cm³/mol. The highest BCUT2D eigenvalue weighted by atomic mass is 16.5. The van der Waals surface area contributed by atoms with Gasteiger partial charge in [-0.1, -0.05) is 12.1 Å². The van der Waals surface area contributed by atoms with E-state index >= 15 is 0 Å². The van der Waals surface area contributed by atoms with E-state index in [0.717, 1.165) is 17.9 Å². The molecular weight excluding hydrogens is 240 g/mol. The summed E-state index contributed by atoms with van der Waals surface area (Å²) < 4.78 is 16.6. The number of hydrogen-bond acceptors (Lipinski definition) is 3. The monoisotopic (exact) mass is 260 g/mol. The standard InChI is InChI=1S/C16H20O3/c1-17-14-5-3-11(4-6-14)10-19-16-9-12-7-13(16)8-15(12)18-2/h3-6,8,12-13,16H,7,9-10H2,1-2H3/t12-,13-,16+/m0/s1. The van der Waals surface area contributed by atoms with Gasteiger partial charge in [-0.15, -0.1) is 0 Å². The first kappa shape index (κ1) is 12.5. The molecule has 3 atom stereocenters. The smallest absolute Gasteiger partial charge is 0.118 e. The molecule has 19 heavy (non-hydrogen) atoms. The number of rotatable bonds is 5. The zero-order chi connectivity index (χ0) is 13.2. The molecule has 0 aliphatic heterocycles. The van der Waals surface area contributed by atoms with Gasteiger partial charge in [0.1, 0.15) is 5.75 Å². The Morgan fingerprint density at radius 3 is 2.42 bits per heavy atom. The van der Waals surface area contributed by atoms with Crippen molar-refractivity contribution in [1.29, 1.82) is 0 Å². The van der Waals surface area contributed by atoms with E-state index in [0.29, 0.717) is 24.5 Å². The van der Waals surface area contributed by atoms with Gasteiger partial charge >= 0.3 is 0 Å². The maximum absolute atomic E-state index is 6.05. The largest absolute Gasteiger partial charge is 0.501 e. The van der Waals surface area contributed by atoms with E-state index in [2.05, 4.69) is 18.2 Å². The fraction of sp³-hybridized carbons (Fsp3) is 0.500. The van der Waals surface area contributed by atoms with E-state index in [1.54, 1.807) is 14.2 Å². The minimum Gasteiger partial charge on any atom is -0.501 e. The summed E-state index contributed by atoms with van der Waals surface area (Å²) in [6.45, 7) is 0.675. The van der Waals surface area contributed by atoms with Crippen LogP contribution in [0.5, 0.6) is 5.75 Å². The third-order valence-corrected chi connectivity index (χ3v) is 4.19. The van der Waals surface area contributed by atoms with E-state index in [4.69, 9.17) is 14.2 Å². The lowest BCUT2D eigenvalue weighted by molar-refractivity contribution is 0.0205. The second-order valence-electron chi connectivity index (χ2n) is 5.30. The summed E-state index contributed by atoms with van der Waals surface area (Å²) in [5.41, 5.74) is 1.19. The van der Waals surface area contributed by atoms with Crippen LogP contribution in [0.3, 0.4) is 0 Å².